The average Bonchev–Trinajstić information content (AvgIpc) is 2.26. The van der Waals surface area contributed by atoms with Crippen molar-refractivity contribution < 1.29 is 14.5 Å². The molecular weight excluding hydrogens is 274 g/mol. The third-order valence-electron chi connectivity index (χ3n) is 2.28. The van der Waals surface area contributed by atoms with Gasteiger partial charge in [0, 0.05) is 23.6 Å². The summed E-state index contributed by atoms with van der Waals surface area (Å²) in [6.45, 7) is 1.57. The van der Waals surface area contributed by atoms with Crippen molar-refractivity contribution >= 4 is 29.1 Å². The zero-order valence-electron chi connectivity index (χ0n) is 10.1. The summed E-state index contributed by atoms with van der Waals surface area (Å²) in [6, 6.07) is 3.15. The minimum absolute atomic E-state index is 0.0555. The molecule has 0 aliphatic heterocycles. The van der Waals surface area contributed by atoms with Gasteiger partial charge in [0.25, 0.3) is 11.6 Å². The Morgan fingerprint density at radius 2 is 2.16 bits per heavy atom. The first-order chi connectivity index (χ1) is 8.81. The first kappa shape index (κ1) is 14.9. The third kappa shape index (κ3) is 4.22. The molecule has 1 unspecified atom stereocenters. The highest BCUT2D eigenvalue weighted by atomic mass is 35.5. The summed E-state index contributed by atoms with van der Waals surface area (Å²) in [4.78, 5) is 32.7. The lowest BCUT2D eigenvalue weighted by Gasteiger charge is -2.12. The van der Waals surface area contributed by atoms with Crippen LogP contribution in [0.2, 0.25) is 5.02 Å². The van der Waals surface area contributed by atoms with E-state index in [1.807, 2.05) is 0 Å². The minimum atomic E-state index is -0.678. The first-order valence-electron chi connectivity index (χ1n) is 5.34. The second-order valence-corrected chi connectivity index (χ2v) is 4.40. The Labute approximate surface area is 113 Å². The lowest BCUT2D eigenvalue weighted by Crippen LogP contribution is -2.36. The number of nitro benzene ring substituents is 1. The van der Waals surface area contributed by atoms with Crippen molar-refractivity contribution in [1.29, 1.82) is 0 Å². The van der Waals surface area contributed by atoms with Gasteiger partial charge in [-0.3, -0.25) is 19.7 Å². The molecule has 1 rings (SSSR count). The van der Waals surface area contributed by atoms with Gasteiger partial charge in [0.05, 0.1) is 4.92 Å². The van der Waals surface area contributed by atoms with Gasteiger partial charge in [0.15, 0.2) is 0 Å². The predicted molar refractivity (Wildman–Crippen MR) is 68.8 cm³/mol. The van der Waals surface area contributed by atoms with E-state index in [1.165, 1.54) is 12.1 Å². The molecule has 19 heavy (non-hydrogen) atoms. The van der Waals surface area contributed by atoms with E-state index in [0.717, 1.165) is 6.07 Å². The highest BCUT2D eigenvalue weighted by Crippen LogP contribution is 2.22. The second kappa shape index (κ2) is 6.14. The number of hydrogen-bond donors (Lipinski definition) is 2. The van der Waals surface area contributed by atoms with Gasteiger partial charge < -0.3 is 11.1 Å². The van der Waals surface area contributed by atoms with Crippen LogP contribution in [0.5, 0.6) is 0 Å². The van der Waals surface area contributed by atoms with E-state index in [4.69, 9.17) is 17.3 Å². The lowest BCUT2D eigenvalue weighted by atomic mass is 10.1. The minimum Gasteiger partial charge on any atom is -0.370 e. The van der Waals surface area contributed by atoms with Crippen molar-refractivity contribution in [2.24, 2.45) is 5.73 Å². The van der Waals surface area contributed by atoms with E-state index in [-0.39, 0.29) is 22.7 Å². The number of carbonyl (C=O) groups excluding carboxylic acids is 2. The SMILES string of the molecule is CC(CC(N)=O)NC(=O)c1cc(Cl)ccc1[N+](=O)[O-]. The van der Waals surface area contributed by atoms with Crippen LogP contribution in [-0.2, 0) is 4.79 Å². The molecule has 1 aromatic carbocycles. The molecule has 0 saturated carbocycles. The summed E-state index contributed by atoms with van der Waals surface area (Å²) in [5, 5.41) is 13.5. The number of nitro groups is 1. The monoisotopic (exact) mass is 285 g/mol. The molecule has 1 aromatic rings. The highest BCUT2D eigenvalue weighted by molar-refractivity contribution is 6.31. The van der Waals surface area contributed by atoms with Crippen molar-refractivity contribution in [3.05, 3.63) is 38.9 Å². The van der Waals surface area contributed by atoms with E-state index >= 15 is 0 Å². The standard InChI is InChI=1S/C11H12ClN3O4/c1-6(4-10(13)16)14-11(17)8-5-7(12)2-3-9(8)15(18)19/h2-3,5-6H,4H2,1H3,(H2,13,16)(H,14,17). The number of halogens is 1. The molecule has 2 amide bonds. The maximum Gasteiger partial charge on any atom is 0.282 e. The highest BCUT2D eigenvalue weighted by Gasteiger charge is 2.21. The normalized spacial score (nSPS) is 11.7. The number of carbonyl (C=O) groups is 2. The summed E-state index contributed by atoms with van der Waals surface area (Å²) in [5.41, 5.74) is 4.48. The summed E-state index contributed by atoms with van der Waals surface area (Å²) in [7, 11) is 0. The zero-order chi connectivity index (χ0) is 14.6. The Morgan fingerprint density at radius 1 is 1.53 bits per heavy atom. The van der Waals surface area contributed by atoms with Crippen LogP contribution < -0.4 is 11.1 Å². The van der Waals surface area contributed by atoms with Crippen molar-refractivity contribution in [3.8, 4) is 0 Å². The fraction of sp³-hybridized carbons (Fsp3) is 0.273. The molecule has 8 heteroatoms. The quantitative estimate of drug-likeness (QED) is 0.625. The Balaban J connectivity index is 2.95. The van der Waals surface area contributed by atoms with E-state index in [1.54, 1.807) is 6.92 Å². The van der Waals surface area contributed by atoms with E-state index in [9.17, 15) is 19.7 Å². The molecule has 0 aliphatic rings. The van der Waals surface area contributed by atoms with Gasteiger partial charge in [-0.15, -0.1) is 0 Å². The fourth-order valence-corrected chi connectivity index (χ4v) is 1.68. The summed E-state index contributed by atoms with van der Waals surface area (Å²) in [5.74, 6) is -1.25. The Bertz CT molecular complexity index is 533. The zero-order valence-corrected chi connectivity index (χ0v) is 10.8. The molecule has 0 aliphatic carbocycles. The molecule has 102 valence electrons. The van der Waals surface area contributed by atoms with Crippen LogP contribution in [0.3, 0.4) is 0 Å². The topological polar surface area (TPSA) is 115 Å². The maximum absolute atomic E-state index is 11.9. The molecule has 0 bridgehead atoms. The molecule has 7 nitrogen and oxygen atoms in total. The molecule has 3 N–H and O–H groups in total. The average molecular weight is 286 g/mol. The van der Waals surface area contributed by atoms with E-state index in [0.29, 0.717) is 0 Å². The molecular formula is C11H12ClN3O4. The van der Waals surface area contributed by atoms with Crippen LogP contribution >= 0.6 is 11.6 Å². The van der Waals surface area contributed by atoms with Crippen LogP contribution in [0.4, 0.5) is 5.69 Å². The van der Waals surface area contributed by atoms with Crippen molar-refractivity contribution in [2.75, 3.05) is 0 Å². The molecule has 0 radical (unpaired) electrons. The predicted octanol–water partition coefficient (Wildman–Crippen LogP) is 1.24. The van der Waals surface area contributed by atoms with Gasteiger partial charge in [0.2, 0.25) is 5.91 Å². The number of nitrogens with zero attached hydrogens (tertiary/aromatic N) is 1. The van der Waals surface area contributed by atoms with Crippen LogP contribution in [0.15, 0.2) is 18.2 Å². The second-order valence-electron chi connectivity index (χ2n) is 3.96. The van der Waals surface area contributed by atoms with Crippen molar-refractivity contribution in [2.45, 2.75) is 19.4 Å². The van der Waals surface area contributed by atoms with Crippen LogP contribution in [0.25, 0.3) is 0 Å². The Kier molecular flexibility index (Phi) is 4.82. The number of rotatable bonds is 5. The summed E-state index contributed by atoms with van der Waals surface area (Å²) in [6.07, 6.45) is -0.0555. The molecule has 0 saturated heterocycles. The van der Waals surface area contributed by atoms with Gasteiger partial charge in [-0.1, -0.05) is 11.6 Å². The van der Waals surface area contributed by atoms with Crippen LogP contribution in [-0.4, -0.2) is 22.8 Å². The van der Waals surface area contributed by atoms with E-state index in [2.05, 4.69) is 5.32 Å². The number of amides is 2. The Hall–Kier alpha value is -2.15. The number of benzene rings is 1. The van der Waals surface area contributed by atoms with Gasteiger partial charge in [-0.25, -0.2) is 0 Å². The number of primary amides is 1. The largest absolute Gasteiger partial charge is 0.370 e. The van der Waals surface area contributed by atoms with Crippen molar-refractivity contribution in [3.63, 3.8) is 0 Å². The van der Waals surface area contributed by atoms with Crippen LogP contribution in [0.1, 0.15) is 23.7 Å². The molecule has 1 atom stereocenters. The molecule has 0 spiro atoms. The van der Waals surface area contributed by atoms with Crippen molar-refractivity contribution in [1.82, 2.24) is 5.32 Å². The van der Waals surface area contributed by atoms with Gasteiger partial charge in [0.1, 0.15) is 5.56 Å². The van der Waals surface area contributed by atoms with Gasteiger partial charge >= 0.3 is 0 Å². The fourth-order valence-electron chi connectivity index (χ4n) is 1.50. The third-order valence-corrected chi connectivity index (χ3v) is 2.52. The van der Waals surface area contributed by atoms with Gasteiger partial charge in [-0.2, -0.15) is 0 Å². The molecule has 0 aromatic heterocycles. The maximum atomic E-state index is 11.9. The van der Waals surface area contributed by atoms with Gasteiger partial charge in [-0.05, 0) is 19.1 Å². The van der Waals surface area contributed by atoms with E-state index < -0.39 is 22.8 Å². The Morgan fingerprint density at radius 3 is 2.68 bits per heavy atom. The smallest absolute Gasteiger partial charge is 0.282 e. The number of hydrogen-bond acceptors (Lipinski definition) is 4. The summed E-state index contributed by atoms with van der Waals surface area (Å²) < 4.78 is 0. The number of nitrogens with two attached hydrogens (primary N) is 1. The number of nitrogens with one attached hydrogen (secondary N) is 1. The molecule has 0 heterocycles. The first-order valence-corrected chi connectivity index (χ1v) is 5.72. The van der Waals surface area contributed by atoms with Crippen LogP contribution in [0, 0.1) is 10.1 Å². The summed E-state index contributed by atoms with van der Waals surface area (Å²) >= 11 is 5.71. The lowest BCUT2D eigenvalue weighted by molar-refractivity contribution is -0.385. The molecule has 0 fully saturated rings.